The minimum absolute atomic E-state index is 0.0929. The number of hydrogen-bond donors (Lipinski definition) is 0. The van der Waals surface area contributed by atoms with E-state index < -0.39 is 6.10 Å². The number of esters is 3. The van der Waals surface area contributed by atoms with Crippen LogP contribution in [0.3, 0.4) is 0 Å². The van der Waals surface area contributed by atoms with E-state index in [-0.39, 0.29) is 31.1 Å². The minimum atomic E-state index is -0.796. The Bertz CT molecular complexity index is 1260. The summed E-state index contributed by atoms with van der Waals surface area (Å²) in [5.41, 5.74) is 0. The molecule has 0 aliphatic heterocycles. The van der Waals surface area contributed by atoms with E-state index in [4.69, 9.17) is 14.2 Å². The largest absolute Gasteiger partial charge is 0.462 e. The first kappa shape index (κ1) is 63.8. The molecule has 0 bridgehead atoms. The normalized spacial score (nSPS) is 12.6. The fraction of sp³-hybridized carbons (Fsp3) is 0.754. The van der Waals surface area contributed by atoms with Gasteiger partial charge in [-0.15, -0.1) is 0 Å². The first-order chi connectivity index (χ1) is 33.0. The molecule has 67 heavy (non-hydrogen) atoms. The van der Waals surface area contributed by atoms with Crippen molar-refractivity contribution in [3.05, 3.63) is 72.9 Å². The van der Waals surface area contributed by atoms with Gasteiger partial charge in [0.15, 0.2) is 6.10 Å². The van der Waals surface area contributed by atoms with E-state index in [9.17, 15) is 14.4 Å². The van der Waals surface area contributed by atoms with Gasteiger partial charge in [-0.2, -0.15) is 0 Å². The lowest BCUT2D eigenvalue weighted by Gasteiger charge is -2.18. The highest BCUT2D eigenvalue weighted by atomic mass is 16.6. The molecule has 6 nitrogen and oxygen atoms in total. The van der Waals surface area contributed by atoms with Crippen molar-refractivity contribution in [1.82, 2.24) is 0 Å². The molecule has 1 atom stereocenters. The van der Waals surface area contributed by atoms with Crippen molar-refractivity contribution in [2.45, 2.75) is 284 Å². The Balaban J connectivity index is 4.46. The van der Waals surface area contributed by atoms with Crippen LogP contribution in [0.5, 0.6) is 0 Å². The molecule has 0 rings (SSSR count). The zero-order valence-electron chi connectivity index (χ0n) is 44.2. The van der Waals surface area contributed by atoms with Gasteiger partial charge in [-0.3, -0.25) is 14.4 Å². The highest BCUT2D eigenvalue weighted by Gasteiger charge is 2.19. The van der Waals surface area contributed by atoms with E-state index in [0.717, 1.165) is 103 Å². The average molecular weight is 936 g/mol. The standard InChI is InChI=1S/C61H106O6/c1-4-7-10-13-16-19-22-25-28-29-30-31-34-36-39-42-45-48-51-54-60(63)66-57-58(67-61(64)55-52-49-46-43-40-37-33-27-24-21-18-15-12-9-6-3)56-65-59(62)53-50-47-44-41-38-35-32-26-23-20-17-14-11-8-5-2/h16,19,25-28,30-33,36,39,58H,4-15,17-18,20-24,29,34-35,37-38,40-57H2,1-3H3/b19-16-,28-25-,31-30-,32-26-,33-27-,39-36-/t58-/m1/s1. The predicted molar refractivity (Wildman–Crippen MR) is 288 cm³/mol. The second-order valence-corrected chi connectivity index (χ2v) is 18.8. The van der Waals surface area contributed by atoms with E-state index in [1.807, 2.05) is 0 Å². The fourth-order valence-electron chi connectivity index (χ4n) is 7.83. The summed E-state index contributed by atoms with van der Waals surface area (Å²) in [4.78, 5) is 38.1. The van der Waals surface area contributed by atoms with Crippen LogP contribution in [0.1, 0.15) is 278 Å². The Hall–Kier alpha value is -3.15. The van der Waals surface area contributed by atoms with Gasteiger partial charge in [0, 0.05) is 19.3 Å². The molecule has 0 aromatic rings. The quantitative estimate of drug-likeness (QED) is 0.0262. The molecule has 0 aliphatic carbocycles. The van der Waals surface area contributed by atoms with Crippen LogP contribution < -0.4 is 0 Å². The van der Waals surface area contributed by atoms with Crippen LogP contribution in [0.15, 0.2) is 72.9 Å². The van der Waals surface area contributed by atoms with Crippen molar-refractivity contribution in [1.29, 1.82) is 0 Å². The fourth-order valence-corrected chi connectivity index (χ4v) is 7.83. The second kappa shape index (κ2) is 55.4. The Labute approximate surface area is 414 Å². The van der Waals surface area contributed by atoms with E-state index in [1.165, 1.54) is 135 Å². The average Bonchev–Trinajstić information content (AvgIpc) is 3.33. The van der Waals surface area contributed by atoms with Gasteiger partial charge in [-0.05, 0) is 116 Å². The summed E-state index contributed by atoms with van der Waals surface area (Å²) in [7, 11) is 0. The Morgan fingerprint density at radius 2 is 0.537 bits per heavy atom. The third-order valence-corrected chi connectivity index (χ3v) is 12.2. The smallest absolute Gasteiger partial charge is 0.306 e. The predicted octanol–water partition coefficient (Wildman–Crippen LogP) is 19.0. The summed E-state index contributed by atoms with van der Waals surface area (Å²) in [5.74, 6) is -0.934. The van der Waals surface area contributed by atoms with Crippen LogP contribution in [0.4, 0.5) is 0 Å². The number of rotatable bonds is 51. The van der Waals surface area contributed by atoms with Crippen molar-refractivity contribution in [2.24, 2.45) is 0 Å². The van der Waals surface area contributed by atoms with Crippen molar-refractivity contribution >= 4 is 17.9 Å². The molecule has 0 aromatic heterocycles. The number of allylic oxidation sites excluding steroid dienone is 12. The second-order valence-electron chi connectivity index (χ2n) is 18.8. The zero-order chi connectivity index (χ0) is 48.6. The van der Waals surface area contributed by atoms with Gasteiger partial charge >= 0.3 is 17.9 Å². The third-order valence-electron chi connectivity index (χ3n) is 12.2. The van der Waals surface area contributed by atoms with Crippen LogP contribution in [0.25, 0.3) is 0 Å². The third kappa shape index (κ3) is 53.7. The van der Waals surface area contributed by atoms with Gasteiger partial charge in [0.1, 0.15) is 13.2 Å². The summed E-state index contributed by atoms with van der Waals surface area (Å²) in [6.07, 6.45) is 70.3. The summed E-state index contributed by atoms with van der Waals surface area (Å²) >= 11 is 0. The molecule has 0 spiro atoms. The molecule has 386 valence electrons. The van der Waals surface area contributed by atoms with Crippen LogP contribution in [0, 0.1) is 0 Å². The minimum Gasteiger partial charge on any atom is -0.462 e. The molecule has 0 amide bonds. The first-order valence-corrected chi connectivity index (χ1v) is 28.4. The molecule has 0 radical (unpaired) electrons. The lowest BCUT2D eigenvalue weighted by atomic mass is 10.1. The van der Waals surface area contributed by atoms with E-state index in [2.05, 4.69) is 93.7 Å². The Kier molecular flexibility index (Phi) is 52.8. The molecular formula is C61H106O6. The van der Waals surface area contributed by atoms with E-state index in [0.29, 0.717) is 19.3 Å². The number of hydrogen-bond acceptors (Lipinski definition) is 6. The van der Waals surface area contributed by atoms with Gasteiger partial charge in [-0.1, -0.05) is 216 Å². The summed E-state index contributed by atoms with van der Waals surface area (Å²) in [6.45, 7) is 6.57. The molecule has 0 fully saturated rings. The Morgan fingerprint density at radius 3 is 0.896 bits per heavy atom. The van der Waals surface area contributed by atoms with Gasteiger partial charge in [-0.25, -0.2) is 0 Å². The summed E-state index contributed by atoms with van der Waals surface area (Å²) in [5, 5.41) is 0. The van der Waals surface area contributed by atoms with E-state index in [1.54, 1.807) is 0 Å². The van der Waals surface area contributed by atoms with Gasteiger partial charge in [0.25, 0.3) is 0 Å². The van der Waals surface area contributed by atoms with Crippen LogP contribution in [-0.4, -0.2) is 37.2 Å². The SMILES string of the molecule is CCCCC/C=C\C/C=C\C/C=C\C/C=C\CCCCCC(=O)OC[C@@H](COC(=O)CCCCCCC/C=C\CCCCCCCC)OC(=O)CCCCCCC/C=C\CCCCCCCC. The first-order valence-electron chi connectivity index (χ1n) is 28.4. The maximum Gasteiger partial charge on any atom is 0.306 e. The van der Waals surface area contributed by atoms with Crippen molar-refractivity contribution in [3.63, 3.8) is 0 Å². The van der Waals surface area contributed by atoms with Crippen molar-refractivity contribution < 1.29 is 28.6 Å². The highest BCUT2D eigenvalue weighted by molar-refractivity contribution is 5.71. The molecule has 0 unspecified atom stereocenters. The molecule has 0 heterocycles. The van der Waals surface area contributed by atoms with Crippen LogP contribution in [0.2, 0.25) is 0 Å². The lowest BCUT2D eigenvalue weighted by Crippen LogP contribution is -2.30. The molecule has 0 saturated carbocycles. The molecule has 0 saturated heterocycles. The molecule has 0 aromatic carbocycles. The number of carbonyl (C=O) groups is 3. The number of unbranched alkanes of at least 4 members (excludes halogenated alkanes) is 28. The number of ether oxygens (including phenoxy) is 3. The molecule has 6 heteroatoms. The topological polar surface area (TPSA) is 78.9 Å². The van der Waals surface area contributed by atoms with Gasteiger partial charge in [0.05, 0.1) is 0 Å². The maximum atomic E-state index is 12.8. The molecule has 0 aliphatic rings. The highest BCUT2D eigenvalue weighted by Crippen LogP contribution is 2.14. The maximum absolute atomic E-state index is 12.8. The lowest BCUT2D eigenvalue weighted by molar-refractivity contribution is -0.167. The van der Waals surface area contributed by atoms with Crippen molar-refractivity contribution in [2.75, 3.05) is 13.2 Å². The van der Waals surface area contributed by atoms with Crippen LogP contribution >= 0.6 is 0 Å². The van der Waals surface area contributed by atoms with Gasteiger partial charge in [0.2, 0.25) is 0 Å². The van der Waals surface area contributed by atoms with E-state index >= 15 is 0 Å². The zero-order valence-corrected chi connectivity index (χ0v) is 44.2. The number of carbonyl (C=O) groups excluding carboxylic acids is 3. The summed E-state index contributed by atoms with van der Waals surface area (Å²) < 4.78 is 16.8. The van der Waals surface area contributed by atoms with Crippen molar-refractivity contribution in [3.8, 4) is 0 Å². The van der Waals surface area contributed by atoms with Crippen LogP contribution in [-0.2, 0) is 28.6 Å². The Morgan fingerprint density at radius 1 is 0.299 bits per heavy atom. The van der Waals surface area contributed by atoms with Gasteiger partial charge < -0.3 is 14.2 Å². The monoisotopic (exact) mass is 935 g/mol. The molecule has 0 N–H and O–H groups in total. The summed E-state index contributed by atoms with van der Waals surface area (Å²) in [6, 6.07) is 0. The molecular weight excluding hydrogens is 829 g/mol.